The van der Waals surface area contributed by atoms with Gasteiger partial charge < -0.3 is 4.43 Å². The minimum Gasteiger partial charge on any atom is -0.513 e. The van der Waals surface area contributed by atoms with Gasteiger partial charge in [0, 0.05) is 0 Å². The second-order valence-electron chi connectivity index (χ2n) is 5.16. The van der Waals surface area contributed by atoms with Crippen LogP contribution in [-0.4, -0.2) is 20.5 Å². The predicted octanol–water partition coefficient (Wildman–Crippen LogP) is 4.66. The average molecular weight is 284 g/mol. The van der Waals surface area contributed by atoms with Crippen LogP contribution in [0.3, 0.4) is 0 Å². The van der Waals surface area contributed by atoms with Crippen LogP contribution in [0.5, 0.6) is 0 Å². The van der Waals surface area contributed by atoms with Crippen LogP contribution in [-0.2, 0) is 9.22 Å². The van der Waals surface area contributed by atoms with Crippen molar-refractivity contribution in [2.75, 3.05) is 0 Å². The summed E-state index contributed by atoms with van der Waals surface area (Å²) in [6, 6.07) is 0.598. The summed E-state index contributed by atoms with van der Waals surface area (Å²) >= 11 is 0. The summed E-state index contributed by atoms with van der Waals surface area (Å²) in [6.07, 6.45) is 1.61. The molecule has 0 N–H and O–H groups in total. The van der Waals surface area contributed by atoms with Gasteiger partial charge in [-0.05, 0) is 19.1 Å². The van der Waals surface area contributed by atoms with Crippen molar-refractivity contribution in [2.24, 2.45) is 0 Å². The van der Waals surface area contributed by atoms with Crippen molar-refractivity contribution < 1.29 is 22.4 Å². The SMILES string of the molecule is CCCCCCCC[Si](C)(C)OC(=O)C(F)(F)F. The van der Waals surface area contributed by atoms with Crippen molar-refractivity contribution >= 4 is 14.3 Å². The molecule has 2 nitrogen and oxygen atoms in total. The minimum absolute atomic E-state index is 0.598. The first-order valence-electron chi connectivity index (χ1n) is 6.49. The minimum atomic E-state index is -4.87. The fourth-order valence-corrected chi connectivity index (χ4v) is 3.51. The van der Waals surface area contributed by atoms with Crippen molar-refractivity contribution in [3.05, 3.63) is 0 Å². The Kier molecular flexibility index (Phi) is 7.59. The van der Waals surface area contributed by atoms with Crippen LogP contribution in [0.2, 0.25) is 19.1 Å². The van der Waals surface area contributed by atoms with Gasteiger partial charge in [-0.3, -0.25) is 0 Å². The highest BCUT2D eigenvalue weighted by Crippen LogP contribution is 2.23. The molecule has 0 aromatic heterocycles. The number of rotatable bonds is 8. The number of alkyl halides is 3. The van der Waals surface area contributed by atoms with Gasteiger partial charge in [-0.1, -0.05) is 45.4 Å². The standard InChI is InChI=1S/C12H23F3O2Si/c1-4-5-6-7-8-9-10-18(2,3)17-11(16)12(13,14)15/h4-10H2,1-3H3. The fourth-order valence-electron chi connectivity index (χ4n) is 1.69. The molecule has 0 amide bonds. The Balaban J connectivity index is 3.84. The highest BCUT2D eigenvalue weighted by molar-refractivity contribution is 6.72. The van der Waals surface area contributed by atoms with Crippen LogP contribution in [0.1, 0.15) is 45.4 Å². The molecule has 0 bridgehead atoms. The van der Waals surface area contributed by atoms with Crippen molar-refractivity contribution in [3.8, 4) is 0 Å². The van der Waals surface area contributed by atoms with Gasteiger partial charge in [-0.15, -0.1) is 0 Å². The van der Waals surface area contributed by atoms with Gasteiger partial charge in [-0.25, -0.2) is 4.79 Å². The van der Waals surface area contributed by atoms with Gasteiger partial charge in [0.2, 0.25) is 8.32 Å². The first kappa shape index (κ1) is 17.5. The van der Waals surface area contributed by atoms with Gasteiger partial charge in [0.05, 0.1) is 0 Å². The molecule has 0 fully saturated rings. The van der Waals surface area contributed by atoms with Crippen molar-refractivity contribution in [1.82, 2.24) is 0 Å². The normalized spacial score (nSPS) is 12.6. The zero-order chi connectivity index (χ0) is 14.2. The average Bonchev–Trinajstić information content (AvgIpc) is 2.21. The second kappa shape index (κ2) is 7.81. The maximum Gasteiger partial charge on any atom is 0.489 e. The number of hydrogen-bond acceptors (Lipinski definition) is 2. The van der Waals surface area contributed by atoms with Crippen LogP contribution >= 0.6 is 0 Å². The van der Waals surface area contributed by atoms with Crippen LogP contribution < -0.4 is 0 Å². The second-order valence-corrected chi connectivity index (χ2v) is 9.39. The molecule has 0 aliphatic heterocycles. The predicted molar refractivity (Wildman–Crippen MR) is 67.8 cm³/mol. The largest absolute Gasteiger partial charge is 0.513 e. The summed E-state index contributed by atoms with van der Waals surface area (Å²) in [5, 5.41) is 0. The molecule has 0 aromatic rings. The number of unbranched alkanes of at least 4 members (excludes halogenated alkanes) is 5. The van der Waals surface area contributed by atoms with E-state index in [0.717, 1.165) is 19.3 Å². The van der Waals surface area contributed by atoms with Crippen molar-refractivity contribution in [3.63, 3.8) is 0 Å². The Bertz CT molecular complexity index is 252. The molecular weight excluding hydrogens is 261 g/mol. The quantitative estimate of drug-likeness (QED) is 0.479. The highest BCUT2D eigenvalue weighted by atomic mass is 28.4. The van der Waals surface area contributed by atoms with E-state index in [-0.39, 0.29) is 0 Å². The smallest absolute Gasteiger partial charge is 0.489 e. The van der Waals surface area contributed by atoms with E-state index in [1.807, 2.05) is 0 Å². The summed E-state index contributed by atoms with van der Waals surface area (Å²) in [5.41, 5.74) is 0. The van der Waals surface area contributed by atoms with Crippen LogP contribution in [0.15, 0.2) is 0 Å². The van der Waals surface area contributed by atoms with Gasteiger partial charge in [0.15, 0.2) is 0 Å². The molecule has 108 valence electrons. The molecule has 0 radical (unpaired) electrons. The molecule has 0 aromatic carbocycles. The molecule has 0 aliphatic carbocycles. The summed E-state index contributed by atoms with van der Waals surface area (Å²) in [5.74, 6) is -2.04. The molecule has 0 spiro atoms. The highest BCUT2D eigenvalue weighted by Gasteiger charge is 2.44. The topological polar surface area (TPSA) is 26.3 Å². The van der Waals surface area contributed by atoms with E-state index < -0.39 is 20.5 Å². The van der Waals surface area contributed by atoms with Crippen molar-refractivity contribution in [2.45, 2.75) is 70.8 Å². The third-order valence-corrected chi connectivity index (χ3v) is 5.03. The molecule has 0 saturated carbocycles. The molecular formula is C12H23F3O2Si. The molecule has 0 aliphatic rings. The Morgan fingerprint density at radius 2 is 1.56 bits per heavy atom. The molecule has 0 heterocycles. The maximum absolute atomic E-state index is 12.1. The first-order chi connectivity index (χ1) is 8.19. The lowest BCUT2D eigenvalue weighted by Crippen LogP contribution is -2.39. The van der Waals surface area contributed by atoms with Gasteiger partial charge >= 0.3 is 12.1 Å². The molecule has 18 heavy (non-hydrogen) atoms. The number of carbonyl (C=O) groups excluding carboxylic acids is 1. The first-order valence-corrected chi connectivity index (χ1v) is 9.61. The third-order valence-electron chi connectivity index (χ3n) is 2.73. The monoisotopic (exact) mass is 284 g/mol. The maximum atomic E-state index is 12.1. The van der Waals surface area contributed by atoms with Crippen LogP contribution in [0, 0.1) is 0 Å². The van der Waals surface area contributed by atoms with E-state index in [1.54, 1.807) is 13.1 Å². The third kappa shape index (κ3) is 8.55. The molecule has 0 rings (SSSR count). The summed E-state index contributed by atoms with van der Waals surface area (Å²) in [6.45, 7) is 5.44. The zero-order valence-electron chi connectivity index (χ0n) is 11.4. The molecule has 0 unspecified atom stereocenters. The summed E-state index contributed by atoms with van der Waals surface area (Å²) < 4.78 is 40.8. The Morgan fingerprint density at radius 3 is 2.06 bits per heavy atom. The Morgan fingerprint density at radius 1 is 1.06 bits per heavy atom. The Labute approximate surface area is 108 Å². The number of hydrogen-bond donors (Lipinski definition) is 0. The lowest BCUT2D eigenvalue weighted by molar-refractivity contribution is -0.190. The lowest BCUT2D eigenvalue weighted by Gasteiger charge is -2.23. The fraction of sp³-hybridized carbons (Fsp3) is 0.917. The number of halogens is 3. The van der Waals surface area contributed by atoms with Crippen molar-refractivity contribution in [1.29, 1.82) is 0 Å². The number of carbonyl (C=O) groups is 1. The van der Waals surface area contributed by atoms with E-state index in [1.165, 1.54) is 19.3 Å². The van der Waals surface area contributed by atoms with E-state index >= 15 is 0 Å². The van der Waals surface area contributed by atoms with E-state index in [9.17, 15) is 18.0 Å². The molecule has 0 atom stereocenters. The van der Waals surface area contributed by atoms with Gasteiger partial charge in [0.25, 0.3) is 0 Å². The van der Waals surface area contributed by atoms with E-state index in [0.29, 0.717) is 6.04 Å². The summed E-state index contributed by atoms with van der Waals surface area (Å²) in [7, 11) is -2.51. The van der Waals surface area contributed by atoms with Crippen LogP contribution in [0.4, 0.5) is 13.2 Å². The summed E-state index contributed by atoms with van der Waals surface area (Å²) in [4.78, 5) is 10.7. The van der Waals surface area contributed by atoms with Gasteiger partial charge in [0.1, 0.15) is 0 Å². The lowest BCUT2D eigenvalue weighted by atomic mass is 10.1. The Hall–Kier alpha value is -0.523. The van der Waals surface area contributed by atoms with Gasteiger partial charge in [-0.2, -0.15) is 13.2 Å². The van der Waals surface area contributed by atoms with E-state index in [2.05, 4.69) is 11.3 Å². The van der Waals surface area contributed by atoms with E-state index in [4.69, 9.17) is 0 Å². The zero-order valence-corrected chi connectivity index (χ0v) is 12.4. The molecule has 0 saturated heterocycles. The van der Waals surface area contributed by atoms with Crippen LogP contribution in [0.25, 0.3) is 0 Å². The molecule has 6 heteroatoms.